The van der Waals surface area contributed by atoms with E-state index in [1.165, 1.54) is 11.1 Å². The fourth-order valence-electron chi connectivity index (χ4n) is 3.05. The minimum atomic E-state index is -0.931. The summed E-state index contributed by atoms with van der Waals surface area (Å²) in [7, 11) is 0. The summed E-state index contributed by atoms with van der Waals surface area (Å²) >= 11 is 0. The Morgan fingerprint density at radius 2 is 1.86 bits per heavy atom. The third kappa shape index (κ3) is 1.89. The number of nitrogens with zero attached hydrogens (tertiary/aromatic N) is 3. The van der Waals surface area contributed by atoms with Crippen LogP contribution in [0.2, 0.25) is 0 Å². The summed E-state index contributed by atoms with van der Waals surface area (Å²) in [6.45, 7) is 0. The minimum Gasteiger partial charge on any atom is -0.478 e. The van der Waals surface area contributed by atoms with Crippen molar-refractivity contribution in [2.45, 2.75) is 18.9 Å². The van der Waals surface area contributed by atoms with Gasteiger partial charge in [-0.25, -0.2) is 9.48 Å². The Bertz CT molecular complexity index is 829. The van der Waals surface area contributed by atoms with E-state index in [4.69, 9.17) is 5.11 Å². The molecule has 0 saturated heterocycles. The molecule has 0 spiro atoms. The quantitative estimate of drug-likeness (QED) is 0.782. The summed E-state index contributed by atoms with van der Waals surface area (Å²) in [5, 5.41) is 17.5. The second-order valence-corrected chi connectivity index (χ2v) is 5.37. The fourth-order valence-corrected chi connectivity index (χ4v) is 3.05. The molecule has 0 radical (unpaired) electrons. The molecule has 1 aliphatic rings. The van der Waals surface area contributed by atoms with E-state index >= 15 is 0 Å². The van der Waals surface area contributed by atoms with Crippen molar-refractivity contribution in [3.05, 3.63) is 59.2 Å². The van der Waals surface area contributed by atoms with Crippen LogP contribution in [-0.2, 0) is 12.8 Å². The lowest BCUT2D eigenvalue weighted by atomic mass is 10.1. The molecular formula is C16H13N3O2. The molecule has 0 saturated carbocycles. The van der Waals surface area contributed by atoms with Crippen LogP contribution in [0.15, 0.2) is 42.5 Å². The molecule has 0 unspecified atom stereocenters. The van der Waals surface area contributed by atoms with Crippen molar-refractivity contribution in [2.75, 3.05) is 0 Å². The molecule has 5 nitrogen and oxygen atoms in total. The summed E-state index contributed by atoms with van der Waals surface area (Å²) in [6, 6.07) is 13.5. The maximum absolute atomic E-state index is 11.1. The molecule has 0 fully saturated rings. The third-order valence-electron chi connectivity index (χ3n) is 4.09. The molecule has 0 aliphatic heterocycles. The van der Waals surface area contributed by atoms with Crippen molar-refractivity contribution in [1.82, 2.24) is 15.0 Å². The average molecular weight is 279 g/mol. The predicted molar refractivity (Wildman–Crippen MR) is 77.4 cm³/mol. The van der Waals surface area contributed by atoms with Crippen LogP contribution in [0.5, 0.6) is 0 Å². The van der Waals surface area contributed by atoms with Crippen molar-refractivity contribution in [2.24, 2.45) is 0 Å². The van der Waals surface area contributed by atoms with E-state index in [2.05, 4.69) is 22.4 Å². The van der Waals surface area contributed by atoms with Crippen LogP contribution in [0.3, 0.4) is 0 Å². The first kappa shape index (κ1) is 12.1. The van der Waals surface area contributed by atoms with E-state index in [0.717, 1.165) is 23.9 Å². The summed E-state index contributed by atoms with van der Waals surface area (Å²) in [5.74, 6) is -0.931. The zero-order chi connectivity index (χ0) is 14.4. The second-order valence-electron chi connectivity index (χ2n) is 5.37. The minimum absolute atomic E-state index is 0.205. The summed E-state index contributed by atoms with van der Waals surface area (Å²) < 4.78 is 1.86. The van der Waals surface area contributed by atoms with Gasteiger partial charge in [-0.3, -0.25) is 0 Å². The standard InChI is InChI=1S/C16H13N3O2/c20-16(21)12-5-6-14-15(9-12)19(18-17-14)13-7-10-3-1-2-4-11(10)8-13/h1-6,9,13H,7-8H2,(H,20,21). The van der Waals surface area contributed by atoms with Gasteiger partial charge in [-0.2, -0.15) is 0 Å². The first-order valence-corrected chi connectivity index (χ1v) is 6.87. The lowest BCUT2D eigenvalue weighted by molar-refractivity contribution is 0.0697. The van der Waals surface area contributed by atoms with Gasteiger partial charge in [-0.05, 0) is 42.2 Å². The first-order chi connectivity index (χ1) is 10.2. The molecule has 1 heterocycles. The molecule has 5 heteroatoms. The lowest BCUT2D eigenvalue weighted by Gasteiger charge is -2.10. The summed E-state index contributed by atoms with van der Waals surface area (Å²) in [5.41, 5.74) is 4.45. The topological polar surface area (TPSA) is 68.0 Å². The van der Waals surface area contributed by atoms with E-state index in [-0.39, 0.29) is 11.6 Å². The molecule has 1 N–H and O–H groups in total. The highest BCUT2D eigenvalue weighted by atomic mass is 16.4. The smallest absolute Gasteiger partial charge is 0.335 e. The second kappa shape index (κ2) is 4.41. The van der Waals surface area contributed by atoms with Crippen molar-refractivity contribution in [1.29, 1.82) is 0 Å². The number of hydrogen-bond donors (Lipinski definition) is 1. The van der Waals surface area contributed by atoms with Crippen molar-refractivity contribution in [3.63, 3.8) is 0 Å². The molecule has 0 amide bonds. The molecule has 1 aromatic heterocycles. The van der Waals surface area contributed by atoms with Gasteiger partial charge in [0.1, 0.15) is 5.52 Å². The number of hydrogen-bond acceptors (Lipinski definition) is 3. The third-order valence-corrected chi connectivity index (χ3v) is 4.09. The Kier molecular flexibility index (Phi) is 2.54. The van der Waals surface area contributed by atoms with E-state index in [9.17, 15) is 4.79 Å². The fraction of sp³-hybridized carbons (Fsp3) is 0.188. The monoisotopic (exact) mass is 279 g/mol. The van der Waals surface area contributed by atoms with Gasteiger partial charge >= 0.3 is 5.97 Å². The largest absolute Gasteiger partial charge is 0.478 e. The maximum atomic E-state index is 11.1. The first-order valence-electron chi connectivity index (χ1n) is 6.87. The lowest BCUT2D eigenvalue weighted by Crippen LogP contribution is -2.11. The number of fused-ring (bicyclic) bond motifs is 2. The number of aromatic nitrogens is 3. The van der Waals surface area contributed by atoms with Gasteiger partial charge in [0.25, 0.3) is 0 Å². The highest BCUT2D eigenvalue weighted by molar-refractivity contribution is 5.92. The SMILES string of the molecule is O=C(O)c1ccc2nnn(C3Cc4ccccc4C3)c2c1. The maximum Gasteiger partial charge on any atom is 0.335 e. The van der Waals surface area contributed by atoms with E-state index < -0.39 is 5.97 Å². The Morgan fingerprint density at radius 1 is 1.14 bits per heavy atom. The Morgan fingerprint density at radius 3 is 2.52 bits per heavy atom. The molecule has 0 atom stereocenters. The van der Waals surface area contributed by atoms with Gasteiger partial charge in [-0.15, -0.1) is 5.10 Å². The number of carboxylic acid groups (broad SMARTS) is 1. The van der Waals surface area contributed by atoms with Crippen molar-refractivity contribution >= 4 is 17.0 Å². The molecule has 21 heavy (non-hydrogen) atoms. The average Bonchev–Trinajstić information content (AvgIpc) is 3.09. The zero-order valence-electron chi connectivity index (χ0n) is 11.2. The Hall–Kier alpha value is -2.69. The molecule has 0 bridgehead atoms. The van der Waals surface area contributed by atoms with Crippen molar-refractivity contribution in [3.8, 4) is 0 Å². The van der Waals surface area contributed by atoms with Gasteiger partial charge in [-0.1, -0.05) is 29.5 Å². The van der Waals surface area contributed by atoms with E-state index in [0.29, 0.717) is 0 Å². The number of carbonyl (C=O) groups is 1. The van der Waals surface area contributed by atoms with Crippen LogP contribution in [0, 0.1) is 0 Å². The van der Waals surface area contributed by atoms with Crippen LogP contribution in [-0.4, -0.2) is 26.1 Å². The molecule has 1 aliphatic carbocycles. The van der Waals surface area contributed by atoms with Gasteiger partial charge < -0.3 is 5.11 Å². The number of benzene rings is 2. The number of carboxylic acids is 1. The molecule has 2 aromatic carbocycles. The highest BCUT2D eigenvalue weighted by Crippen LogP contribution is 2.31. The van der Waals surface area contributed by atoms with Crippen molar-refractivity contribution < 1.29 is 9.90 Å². The molecule has 104 valence electrons. The predicted octanol–water partition coefficient (Wildman–Crippen LogP) is 2.47. The van der Waals surface area contributed by atoms with Crippen LogP contribution in [0.25, 0.3) is 11.0 Å². The van der Waals surface area contributed by atoms with Crippen LogP contribution < -0.4 is 0 Å². The normalized spacial score (nSPS) is 14.5. The highest BCUT2D eigenvalue weighted by Gasteiger charge is 2.25. The van der Waals surface area contributed by atoms with Gasteiger partial charge in [0.05, 0.1) is 17.1 Å². The molecular weight excluding hydrogens is 266 g/mol. The zero-order valence-corrected chi connectivity index (χ0v) is 11.2. The summed E-state index contributed by atoms with van der Waals surface area (Å²) in [4.78, 5) is 11.1. The number of rotatable bonds is 2. The van der Waals surface area contributed by atoms with Crippen LogP contribution >= 0.6 is 0 Å². The van der Waals surface area contributed by atoms with E-state index in [1.54, 1.807) is 18.2 Å². The van der Waals surface area contributed by atoms with Gasteiger partial charge in [0.2, 0.25) is 0 Å². The van der Waals surface area contributed by atoms with Crippen LogP contribution in [0.1, 0.15) is 27.5 Å². The Labute approximate surface area is 120 Å². The number of aromatic carboxylic acids is 1. The molecule has 3 aromatic rings. The molecule has 4 rings (SSSR count). The van der Waals surface area contributed by atoms with Gasteiger partial charge in [0, 0.05) is 0 Å². The van der Waals surface area contributed by atoms with Crippen LogP contribution in [0.4, 0.5) is 0 Å². The van der Waals surface area contributed by atoms with E-state index in [1.807, 2.05) is 16.8 Å². The Balaban J connectivity index is 1.78. The van der Waals surface area contributed by atoms with Gasteiger partial charge in [0.15, 0.2) is 0 Å². The summed E-state index contributed by atoms with van der Waals surface area (Å²) in [6.07, 6.45) is 1.82.